The molecule has 0 aromatic heterocycles. The van der Waals surface area contributed by atoms with Crippen LogP contribution in [0.1, 0.15) is 19.3 Å². The fraction of sp³-hybridized carbons (Fsp3) is 0.500. The lowest BCUT2D eigenvalue weighted by atomic mass is 10.2. The molecule has 0 saturated heterocycles. The number of rotatable bonds is 3. The van der Waals surface area contributed by atoms with Crippen LogP contribution in [0.25, 0.3) is 0 Å². The van der Waals surface area contributed by atoms with Gasteiger partial charge in [-0.2, -0.15) is 0 Å². The molecular formula is C6H11N2O2. The number of hydrogen-bond acceptors (Lipinski definition) is 2. The minimum atomic E-state index is -0.797. The number of urea groups is 1. The Hall–Kier alpha value is -1.06. The molecule has 0 atom stereocenters. The molecule has 0 aromatic rings. The molecular weight excluding hydrogens is 132 g/mol. The maximum Gasteiger partial charge on any atom is 0.318 e. The fourth-order valence-electron chi connectivity index (χ4n) is 0.485. The summed E-state index contributed by atoms with van der Waals surface area (Å²) >= 11 is 0. The van der Waals surface area contributed by atoms with E-state index >= 15 is 0 Å². The van der Waals surface area contributed by atoms with Crippen molar-refractivity contribution in [1.82, 2.24) is 5.32 Å². The molecule has 57 valence electrons. The van der Waals surface area contributed by atoms with Crippen LogP contribution in [0, 0.1) is 6.92 Å². The normalized spacial score (nSPS) is 8.90. The average Bonchev–Trinajstić information content (AvgIpc) is 1.82. The van der Waals surface area contributed by atoms with Gasteiger partial charge in [-0.1, -0.05) is 13.3 Å². The maximum atomic E-state index is 10.6. The Morgan fingerprint density at radius 2 is 2.10 bits per heavy atom. The van der Waals surface area contributed by atoms with Crippen LogP contribution in [0.4, 0.5) is 4.79 Å². The lowest BCUT2D eigenvalue weighted by molar-refractivity contribution is -0.120. The highest BCUT2D eigenvalue weighted by molar-refractivity contribution is 5.93. The van der Waals surface area contributed by atoms with Gasteiger partial charge in [0.15, 0.2) is 0 Å². The average molecular weight is 143 g/mol. The van der Waals surface area contributed by atoms with Crippen molar-refractivity contribution < 1.29 is 9.59 Å². The molecule has 0 saturated carbocycles. The van der Waals surface area contributed by atoms with Crippen LogP contribution in [0.2, 0.25) is 0 Å². The molecule has 3 amide bonds. The molecule has 4 nitrogen and oxygen atoms in total. The van der Waals surface area contributed by atoms with Gasteiger partial charge in [0.1, 0.15) is 0 Å². The molecule has 10 heavy (non-hydrogen) atoms. The zero-order valence-electron chi connectivity index (χ0n) is 5.72. The molecule has 0 bridgehead atoms. The van der Waals surface area contributed by atoms with Crippen LogP contribution < -0.4 is 11.1 Å². The number of unbranched alkanes of at least 4 members (excludes halogenated alkanes) is 1. The van der Waals surface area contributed by atoms with E-state index in [1.54, 1.807) is 0 Å². The highest BCUT2D eigenvalue weighted by atomic mass is 16.2. The highest BCUT2D eigenvalue weighted by Crippen LogP contribution is 1.91. The van der Waals surface area contributed by atoms with Gasteiger partial charge in [-0.3, -0.25) is 10.1 Å². The van der Waals surface area contributed by atoms with Gasteiger partial charge in [0.05, 0.1) is 0 Å². The fourth-order valence-corrected chi connectivity index (χ4v) is 0.485. The van der Waals surface area contributed by atoms with E-state index in [9.17, 15) is 9.59 Å². The van der Waals surface area contributed by atoms with E-state index in [2.05, 4.69) is 12.7 Å². The first-order valence-corrected chi connectivity index (χ1v) is 3.05. The van der Waals surface area contributed by atoms with Gasteiger partial charge in [-0.15, -0.1) is 0 Å². The summed E-state index contributed by atoms with van der Waals surface area (Å²) in [5, 5.41) is 1.95. The van der Waals surface area contributed by atoms with Gasteiger partial charge < -0.3 is 5.73 Å². The maximum absolute atomic E-state index is 10.6. The second-order valence-electron chi connectivity index (χ2n) is 1.87. The first-order valence-electron chi connectivity index (χ1n) is 3.05. The van der Waals surface area contributed by atoms with Crippen LogP contribution in [0.5, 0.6) is 0 Å². The van der Waals surface area contributed by atoms with Crippen molar-refractivity contribution in [3.8, 4) is 0 Å². The molecule has 0 aliphatic heterocycles. The molecule has 0 aliphatic carbocycles. The van der Waals surface area contributed by atoms with E-state index in [0.29, 0.717) is 19.3 Å². The predicted molar refractivity (Wildman–Crippen MR) is 36.9 cm³/mol. The summed E-state index contributed by atoms with van der Waals surface area (Å²) in [5.74, 6) is -0.337. The summed E-state index contributed by atoms with van der Waals surface area (Å²) in [4.78, 5) is 20.6. The Morgan fingerprint density at radius 3 is 2.50 bits per heavy atom. The van der Waals surface area contributed by atoms with Gasteiger partial charge >= 0.3 is 6.03 Å². The smallest absolute Gasteiger partial charge is 0.318 e. The van der Waals surface area contributed by atoms with E-state index < -0.39 is 6.03 Å². The molecule has 4 heteroatoms. The van der Waals surface area contributed by atoms with Crippen molar-refractivity contribution in [1.29, 1.82) is 0 Å². The van der Waals surface area contributed by atoms with E-state index in [-0.39, 0.29) is 5.91 Å². The molecule has 0 aromatic carbocycles. The molecule has 3 N–H and O–H groups in total. The molecule has 0 fully saturated rings. The van der Waals surface area contributed by atoms with Crippen molar-refractivity contribution in [3.63, 3.8) is 0 Å². The van der Waals surface area contributed by atoms with Gasteiger partial charge in [0.25, 0.3) is 0 Å². The van der Waals surface area contributed by atoms with E-state index in [1.165, 1.54) is 0 Å². The number of nitrogens with two attached hydrogens (primary N) is 1. The minimum Gasteiger partial charge on any atom is -0.351 e. The third kappa shape index (κ3) is 5.08. The number of carbonyl (C=O) groups is 2. The number of carbonyl (C=O) groups excluding carboxylic acids is 2. The highest BCUT2D eigenvalue weighted by Gasteiger charge is 2.01. The van der Waals surface area contributed by atoms with Gasteiger partial charge in [-0.25, -0.2) is 4.79 Å². The third-order valence-corrected chi connectivity index (χ3v) is 0.916. The molecule has 0 unspecified atom stereocenters. The summed E-state index contributed by atoms with van der Waals surface area (Å²) < 4.78 is 0. The van der Waals surface area contributed by atoms with Crippen molar-refractivity contribution in [2.75, 3.05) is 0 Å². The Morgan fingerprint density at radius 1 is 1.50 bits per heavy atom. The number of imide groups is 1. The topological polar surface area (TPSA) is 72.2 Å². The Kier molecular flexibility index (Phi) is 4.28. The summed E-state index contributed by atoms with van der Waals surface area (Å²) in [5.41, 5.74) is 4.68. The van der Waals surface area contributed by atoms with Gasteiger partial charge in [0, 0.05) is 6.42 Å². The summed E-state index contributed by atoms with van der Waals surface area (Å²) in [7, 11) is 0. The second kappa shape index (κ2) is 4.78. The number of primary amides is 1. The summed E-state index contributed by atoms with van der Waals surface area (Å²) in [6.45, 7) is 3.54. The van der Waals surface area contributed by atoms with Crippen LogP contribution in [-0.4, -0.2) is 11.9 Å². The SMILES string of the molecule is [CH2]CCCC(=O)NC(N)=O. The lowest BCUT2D eigenvalue weighted by Gasteiger charge is -1.97. The first-order chi connectivity index (χ1) is 4.66. The van der Waals surface area contributed by atoms with E-state index in [1.807, 2.05) is 5.32 Å². The van der Waals surface area contributed by atoms with Crippen molar-refractivity contribution >= 4 is 11.9 Å². The number of nitrogens with one attached hydrogen (secondary N) is 1. The van der Waals surface area contributed by atoms with Gasteiger partial charge in [0.2, 0.25) is 5.91 Å². The number of amides is 3. The van der Waals surface area contributed by atoms with Crippen LogP contribution in [0.15, 0.2) is 0 Å². The van der Waals surface area contributed by atoms with Crippen LogP contribution in [0.3, 0.4) is 0 Å². The summed E-state index contributed by atoms with van der Waals surface area (Å²) in [6, 6.07) is -0.797. The zero-order valence-corrected chi connectivity index (χ0v) is 5.72. The van der Waals surface area contributed by atoms with Crippen molar-refractivity contribution in [2.24, 2.45) is 5.73 Å². The molecule has 0 spiro atoms. The molecule has 0 rings (SSSR count). The van der Waals surface area contributed by atoms with E-state index in [4.69, 9.17) is 0 Å². The Balaban J connectivity index is 3.35. The Bertz CT molecular complexity index is 134. The molecule has 1 radical (unpaired) electrons. The lowest BCUT2D eigenvalue weighted by Crippen LogP contribution is -2.34. The van der Waals surface area contributed by atoms with E-state index in [0.717, 1.165) is 0 Å². The first kappa shape index (κ1) is 8.94. The third-order valence-electron chi connectivity index (χ3n) is 0.916. The predicted octanol–water partition coefficient (Wildman–Crippen LogP) is 0.186. The van der Waals surface area contributed by atoms with Crippen molar-refractivity contribution in [2.45, 2.75) is 19.3 Å². The quantitative estimate of drug-likeness (QED) is 0.591. The van der Waals surface area contributed by atoms with Crippen molar-refractivity contribution in [3.05, 3.63) is 6.92 Å². The largest absolute Gasteiger partial charge is 0.351 e. The standard InChI is InChI=1S/C6H11N2O2/c1-2-3-4-5(9)8-6(7)10/h1-4H2,(H3,7,8,9,10). The van der Waals surface area contributed by atoms with Crippen LogP contribution >= 0.6 is 0 Å². The van der Waals surface area contributed by atoms with Crippen LogP contribution in [-0.2, 0) is 4.79 Å². The minimum absolute atomic E-state index is 0.312. The molecule has 0 heterocycles. The summed E-state index contributed by atoms with van der Waals surface area (Å²) in [6.07, 6.45) is 1.68. The second-order valence-corrected chi connectivity index (χ2v) is 1.87. The monoisotopic (exact) mass is 143 g/mol. The van der Waals surface area contributed by atoms with Gasteiger partial charge in [-0.05, 0) is 6.42 Å². The molecule has 0 aliphatic rings. The Labute approximate surface area is 59.8 Å². The number of hydrogen-bond donors (Lipinski definition) is 2. The zero-order chi connectivity index (χ0) is 7.98.